The molecular weight excluding hydrogens is 404 g/mol. The van der Waals surface area contributed by atoms with Crippen LogP contribution in [0.25, 0.3) is 0 Å². The van der Waals surface area contributed by atoms with E-state index >= 15 is 0 Å². The van der Waals surface area contributed by atoms with Crippen molar-refractivity contribution in [2.24, 2.45) is 0 Å². The van der Waals surface area contributed by atoms with Crippen molar-refractivity contribution in [2.45, 2.75) is 38.5 Å². The summed E-state index contributed by atoms with van der Waals surface area (Å²) in [5.74, 6) is -0.442. The number of ether oxygens (including phenoxy) is 1. The fourth-order valence-electron chi connectivity index (χ4n) is 3.41. The molecule has 2 rings (SSSR count). The molecule has 1 saturated heterocycles. The molecule has 1 aliphatic heterocycles. The molecule has 0 radical (unpaired) electrons. The Bertz CT molecular complexity index is 873. The van der Waals surface area contributed by atoms with Gasteiger partial charge in [-0.15, -0.1) is 0 Å². The van der Waals surface area contributed by atoms with Crippen LogP contribution in [-0.4, -0.2) is 60.4 Å². The summed E-state index contributed by atoms with van der Waals surface area (Å²) in [4.78, 5) is 11.1. The summed E-state index contributed by atoms with van der Waals surface area (Å²) in [5.41, 5.74) is 2.68. The molecule has 7 nitrogen and oxygen atoms in total. The van der Waals surface area contributed by atoms with E-state index in [0.29, 0.717) is 43.2 Å². The Morgan fingerprint density at radius 2 is 2.00 bits per heavy atom. The summed E-state index contributed by atoms with van der Waals surface area (Å²) in [7, 11) is -3.71. The lowest BCUT2D eigenvalue weighted by molar-refractivity contribution is -0.154. The first-order chi connectivity index (χ1) is 14.3. The lowest BCUT2D eigenvalue weighted by atomic mass is 10.1. The molecule has 1 aromatic carbocycles. The number of carbonyl (C=O) groups excluding carboxylic acids is 1. The van der Waals surface area contributed by atoms with Crippen molar-refractivity contribution in [3.05, 3.63) is 72.4 Å². The second-order valence-electron chi connectivity index (χ2n) is 7.22. The van der Waals surface area contributed by atoms with E-state index < -0.39 is 21.8 Å². The topological polar surface area (TPSA) is 87.2 Å². The molecule has 0 bridgehead atoms. The SMILES string of the molecule is C=C/C=C(\C=C)C(CS(=O)(=O)N1CCC(OCc2ccccc2C)CC1)N(O)C=O. The van der Waals surface area contributed by atoms with Crippen LogP contribution in [0.5, 0.6) is 0 Å². The monoisotopic (exact) mass is 434 g/mol. The number of rotatable bonds is 11. The Hall–Kier alpha value is -2.26. The largest absolute Gasteiger partial charge is 0.373 e. The normalized spacial score (nSPS) is 17.3. The molecule has 1 N–H and O–H groups in total. The molecule has 164 valence electrons. The van der Waals surface area contributed by atoms with Crippen molar-refractivity contribution in [1.29, 1.82) is 0 Å². The molecule has 1 amide bonds. The minimum Gasteiger partial charge on any atom is -0.373 e. The van der Waals surface area contributed by atoms with Crippen molar-refractivity contribution >= 4 is 16.4 Å². The van der Waals surface area contributed by atoms with Gasteiger partial charge in [-0.25, -0.2) is 17.8 Å². The predicted octanol–water partition coefficient (Wildman–Crippen LogP) is 2.82. The van der Waals surface area contributed by atoms with Crippen LogP contribution < -0.4 is 0 Å². The number of piperidine rings is 1. The predicted molar refractivity (Wildman–Crippen MR) is 116 cm³/mol. The number of hydrogen-bond acceptors (Lipinski definition) is 5. The molecule has 1 fully saturated rings. The highest BCUT2D eigenvalue weighted by Gasteiger charge is 2.33. The fourth-order valence-corrected chi connectivity index (χ4v) is 5.13. The average molecular weight is 435 g/mol. The van der Waals surface area contributed by atoms with Crippen molar-refractivity contribution in [3.63, 3.8) is 0 Å². The van der Waals surface area contributed by atoms with Gasteiger partial charge in [0.25, 0.3) is 0 Å². The summed E-state index contributed by atoms with van der Waals surface area (Å²) in [5, 5.41) is 10.2. The van der Waals surface area contributed by atoms with Crippen molar-refractivity contribution in [1.82, 2.24) is 9.37 Å². The molecular formula is C22H30N2O5S. The number of carbonyl (C=O) groups is 1. The smallest absolute Gasteiger partial charge is 0.233 e. The van der Waals surface area contributed by atoms with Crippen LogP contribution in [0.4, 0.5) is 0 Å². The van der Waals surface area contributed by atoms with Gasteiger partial charge in [0.2, 0.25) is 16.4 Å². The van der Waals surface area contributed by atoms with E-state index in [1.807, 2.05) is 31.2 Å². The minimum atomic E-state index is -3.71. The van der Waals surface area contributed by atoms with Crippen molar-refractivity contribution in [3.8, 4) is 0 Å². The van der Waals surface area contributed by atoms with Gasteiger partial charge < -0.3 is 4.74 Å². The van der Waals surface area contributed by atoms with E-state index in [4.69, 9.17) is 4.74 Å². The number of amides is 1. The van der Waals surface area contributed by atoms with Crippen LogP contribution in [0, 0.1) is 6.92 Å². The van der Waals surface area contributed by atoms with Crippen LogP contribution in [-0.2, 0) is 26.2 Å². The zero-order valence-corrected chi connectivity index (χ0v) is 18.1. The average Bonchev–Trinajstić information content (AvgIpc) is 2.75. The summed E-state index contributed by atoms with van der Waals surface area (Å²) in [6.07, 6.45) is 5.72. The van der Waals surface area contributed by atoms with Crippen LogP contribution >= 0.6 is 0 Å². The van der Waals surface area contributed by atoms with Gasteiger partial charge in [-0.3, -0.25) is 10.0 Å². The number of allylic oxidation sites excluding steroid dienone is 2. The maximum atomic E-state index is 12.9. The summed E-state index contributed by atoms with van der Waals surface area (Å²) in [6.45, 7) is 10.4. The lowest BCUT2D eigenvalue weighted by Gasteiger charge is -2.33. The van der Waals surface area contributed by atoms with Gasteiger partial charge in [0.15, 0.2) is 0 Å². The maximum absolute atomic E-state index is 12.9. The summed E-state index contributed by atoms with van der Waals surface area (Å²) < 4.78 is 33.2. The first kappa shape index (κ1) is 24.0. The van der Waals surface area contributed by atoms with Gasteiger partial charge in [-0.05, 0) is 36.5 Å². The summed E-state index contributed by atoms with van der Waals surface area (Å²) >= 11 is 0. The zero-order chi connectivity index (χ0) is 22.1. The molecule has 1 unspecified atom stereocenters. The van der Waals surface area contributed by atoms with Crippen LogP contribution in [0.3, 0.4) is 0 Å². The minimum absolute atomic E-state index is 0.0134. The molecule has 0 aromatic heterocycles. The quantitative estimate of drug-likeness (QED) is 0.250. The highest BCUT2D eigenvalue weighted by Crippen LogP contribution is 2.21. The second kappa shape index (κ2) is 11.2. The first-order valence-electron chi connectivity index (χ1n) is 9.84. The highest BCUT2D eigenvalue weighted by molar-refractivity contribution is 7.89. The maximum Gasteiger partial charge on any atom is 0.233 e. The lowest BCUT2D eigenvalue weighted by Crippen LogP contribution is -2.47. The Balaban J connectivity index is 1.98. The molecule has 0 saturated carbocycles. The molecule has 30 heavy (non-hydrogen) atoms. The highest BCUT2D eigenvalue weighted by atomic mass is 32.2. The molecule has 1 aliphatic rings. The Labute approximate surface area is 178 Å². The number of sulfonamides is 1. The summed E-state index contributed by atoms with van der Waals surface area (Å²) in [6, 6.07) is 6.95. The molecule has 8 heteroatoms. The van der Waals surface area contributed by atoms with Crippen molar-refractivity contribution in [2.75, 3.05) is 18.8 Å². The van der Waals surface area contributed by atoms with Gasteiger partial charge in [0, 0.05) is 13.1 Å². The Morgan fingerprint density at radius 1 is 1.33 bits per heavy atom. The third-order valence-electron chi connectivity index (χ3n) is 5.26. The molecule has 1 aromatic rings. The Morgan fingerprint density at radius 3 is 2.57 bits per heavy atom. The van der Waals surface area contributed by atoms with Crippen LogP contribution in [0.15, 0.2) is 61.2 Å². The number of aryl methyl sites for hydroxylation is 1. The number of hydrogen-bond donors (Lipinski definition) is 1. The van der Waals surface area contributed by atoms with E-state index in [1.165, 1.54) is 22.5 Å². The van der Waals surface area contributed by atoms with E-state index in [0.717, 1.165) is 11.1 Å². The molecule has 1 heterocycles. The first-order valence-corrected chi connectivity index (χ1v) is 11.4. The van der Waals surface area contributed by atoms with E-state index in [2.05, 4.69) is 13.2 Å². The number of hydroxylamine groups is 2. The van der Waals surface area contributed by atoms with Crippen LogP contribution in [0.2, 0.25) is 0 Å². The Kier molecular flexibility index (Phi) is 8.98. The molecule has 0 aliphatic carbocycles. The van der Waals surface area contributed by atoms with Crippen LogP contribution in [0.1, 0.15) is 24.0 Å². The van der Waals surface area contributed by atoms with Gasteiger partial charge in [-0.2, -0.15) is 0 Å². The second-order valence-corrected chi connectivity index (χ2v) is 9.24. The van der Waals surface area contributed by atoms with E-state index in [-0.39, 0.29) is 12.5 Å². The third-order valence-corrected chi connectivity index (χ3v) is 7.15. The van der Waals surface area contributed by atoms with Gasteiger partial charge in [-0.1, -0.05) is 55.7 Å². The molecule has 1 atom stereocenters. The zero-order valence-electron chi connectivity index (χ0n) is 17.3. The fraction of sp³-hybridized carbons (Fsp3) is 0.409. The third kappa shape index (κ3) is 6.37. The molecule has 0 spiro atoms. The number of benzene rings is 1. The van der Waals surface area contributed by atoms with Gasteiger partial charge in [0.1, 0.15) is 0 Å². The van der Waals surface area contributed by atoms with Crippen molar-refractivity contribution < 1.29 is 23.2 Å². The standard InChI is InChI=1S/C22H30N2O5S/c1-4-8-19(5-2)22(24(26)17-25)16-30(27,28)23-13-11-21(12-14-23)29-15-20-10-7-6-9-18(20)3/h4-10,17,21-22,26H,1-2,11-16H2,3H3/b19-8+. The van der Waals surface area contributed by atoms with Gasteiger partial charge >= 0.3 is 0 Å². The van der Waals surface area contributed by atoms with E-state index in [1.54, 1.807) is 0 Å². The van der Waals surface area contributed by atoms with Gasteiger partial charge in [0.05, 0.1) is 24.5 Å². The number of nitrogens with zero attached hydrogens (tertiary/aromatic N) is 2. The van der Waals surface area contributed by atoms with E-state index in [9.17, 15) is 18.4 Å².